The van der Waals surface area contributed by atoms with Crippen LogP contribution in [-0.2, 0) is 0 Å². The number of imide groups is 1. The Labute approximate surface area is 305 Å². The van der Waals surface area contributed by atoms with Crippen molar-refractivity contribution in [3.8, 4) is 19.5 Å². The quantitative estimate of drug-likeness (QED) is 0.0809. The van der Waals surface area contributed by atoms with E-state index in [1.165, 1.54) is 114 Å². The fourth-order valence-electron chi connectivity index (χ4n) is 7.98. The minimum Gasteiger partial charge on any atom is -0.274 e. The molecule has 0 saturated carbocycles. The molecular weight excluding hydrogens is 667 g/mol. The standard InChI is InChI=1S/C41H61NO2S4/c1-8-13-16-17-18-19-23-42-40(43)35-29(7)46-37(36(35)41(42)44)32-26-34-39(47-32)38-33(25-28(6)45-38)48(34,27-31(12-5)21-15-10-3)24-22-30(11-4)20-14-9-2/h25-26,30-31H,8-24,27H2,1-7H3. The van der Waals surface area contributed by atoms with Gasteiger partial charge in [0.2, 0.25) is 0 Å². The first kappa shape index (κ1) is 37.8. The first-order valence-electron chi connectivity index (χ1n) is 19.3. The highest BCUT2D eigenvalue weighted by Crippen LogP contribution is 2.76. The summed E-state index contributed by atoms with van der Waals surface area (Å²) in [5, 5.41) is 0. The molecule has 3 nitrogen and oxygen atoms in total. The molecule has 2 amide bonds. The minimum absolute atomic E-state index is 0.0601. The summed E-state index contributed by atoms with van der Waals surface area (Å²) in [7, 11) is -1.22. The molecule has 48 heavy (non-hydrogen) atoms. The summed E-state index contributed by atoms with van der Waals surface area (Å²) in [6.07, 6.45) is 18.6. The molecule has 0 N–H and O–H groups in total. The number of hydrogen-bond donors (Lipinski definition) is 0. The third-order valence-electron chi connectivity index (χ3n) is 11.0. The van der Waals surface area contributed by atoms with Gasteiger partial charge >= 0.3 is 0 Å². The smallest absolute Gasteiger partial charge is 0.263 e. The van der Waals surface area contributed by atoms with Crippen molar-refractivity contribution in [2.75, 3.05) is 18.1 Å². The van der Waals surface area contributed by atoms with Crippen molar-refractivity contribution in [1.29, 1.82) is 0 Å². The predicted molar refractivity (Wildman–Crippen MR) is 214 cm³/mol. The molecule has 3 atom stereocenters. The van der Waals surface area contributed by atoms with Gasteiger partial charge in [0.05, 0.1) is 25.8 Å². The molecule has 0 saturated heterocycles. The highest BCUT2D eigenvalue weighted by atomic mass is 32.3. The fraction of sp³-hybridized carbons (Fsp3) is 0.659. The Hall–Kier alpha value is -1.41. The van der Waals surface area contributed by atoms with Gasteiger partial charge in [0, 0.05) is 31.0 Å². The number of unbranched alkanes of at least 4 members (excludes halogenated alkanes) is 7. The fourth-order valence-corrected chi connectivity index (χ4v) is 17.6. The molecule has 0 bridgehead atoms. The van der Waals surface area contributed by atoms with Crippen LogP contribution < -0.4 is 0 Å². The van der Waals surface area contributed by atoms with Crippen LogP contribution in [0.4, 0.5) is 0 Å². The largest absolute Gasteiger partial charge is 0.274 e. The molecule has 2 aliphatic heterocycles. The van der Waals surface area contributed by atoms with E-state index in [0.717, 1.165) is 34.4 Å². The lowest BCUT2D eigenvalue weighted by molar-refractivity contribution is 0.0651. The second-order valence-electron chi connectivity index (χ2n) is 14.5. The van der Waals surface area contributed by atoms with Crippen molar-refractivity contribution in [1.82, 2.24) is 4.90 Å². The van der Waals surface area contributed by atoms with Gasteiger partial charge in [-0.05, 0) is 68.6 Å². The second-order valence-corrected chi connectivity index (χ2v) is 21.4. The first-order chi connectivity index (χ1) is 23.2. The lowest BCUT2D eigenvalue weighted by atomic mass is 9.97. The molecule has 5 rings (SSSR count). The number of aryl methyl sites for hydroxylation is 2. The predicted octanol–water partition coefficient (Wildman–Crippen LogP) is 14.1. The van der Waals surface area contributed by atoms with Crippen LogP contribution in [0.1, 0.15) is 161 Å². The van der Waals surface area contributed by atoms with Crippen LogP contribution >= 0.6 is 44.0 Å². The van der Waals surface area contributed by atoms with Crippen molar-refractivity contribution < 1.29 is 9.59 Å². The molecule has 3 aromatic heterocycles. The lowest BCUT2D eigenvalue weighted by Gasteiger charge is -2.41. The third kappa shape index (κ3) is 7.60. The molecule has 2 aliphatic rings. The van der Waals surface area contributed by atoms with Gasteiger partial charge in [-0.3, -0.25) is 14.5 Å². The maximum Gasteiger partial charge on any atom is 0.263 e. The number of nitrogens with zero attached hydrogens (tertiary/aromatic N) is 1. The third-order valence-corrected chi connectivity index (χ3v) is 19.2. The maximum atomic E-state index is 14.0. The molecule has 0 spiro atoms. The average molecular weight is 728 g/mol. The topological polar surface area (TPSA) is 37.4 Å². The first-order valence-corrected chi connectivity index (χ1v) is 23.7. The molecule has 7 heteroatoms. The molecule has 266 valence electrons. The zero-order valence-electron chi connectivity index (χ0n) is 30.9. The number of rotatable bonds is 21. The van der Waals surface area contributed by atoms with E-state index in [0.29, 0.717) is 17.7 Å². The average Bonchev–Trinajstić information content (AvgIpc) is 3.86. The second kappa shape index (κ2) is 17.2. The maximum absolute atomic E-state index is 14.0. The van der Waals surface area contributed by atoms with Gasteiger partial charge in [0.15, 0.2) is 0 Å². The summed E-state index contributed by atoms with van der Waals surface area (Å²) in [5.74, 6) is 3.99. The van der Waals surface area contributed by atoms with Crippen molar-refractivity contribution in [3.05, 3.63) is 33.0 Å². The van der Waals surface area contributed by atoms with E-state index in [2.05, 4.69) is 53.7 Å². The lowest BCUT2D eigenvalue weighted by Crippen LogP contribution is -2.31. The summed E-state index contributed by atoms with van der Waals surface area (Å²) in [6.45, 7) is 16.6. The number of thiophene rings is 3. The summed E-state index contributed by atoms with van der Waals surface area (Å²) in [6, 6.07) is 5.09. The Morgan fingerprint density at radius 1 is 0.646 bits per heavy atom. The summed E-state index contributed by atoms with van der Waals surface area (Å²) in [4.78, 5) is 40.1. The van der Waals surface area contributed by atoms with Gasteiger partial charge in [-0.2, -0.15) is 10.0 Å². The van der Waals surface area contributed by atoms with Crippen molar-refractivity contribution in [2.24, 2.45) is 11.8 Å². The molecular formula is C41H61NO2S4. The van der Waals surface area contributed by atoms with Crippen LogP contribution in [0.2, 0.25) is 0 Å². The van der Waals surface area contributed by atoms with Crippen molar-refractivity contribution in [2.45, 2.75) is 155 Å². The SMILES string of the molecule is CCCCCCCCN1C(=O)c2c(C)sc(-c3cc4c(s3)-c3sc(C)cc3S4(CCC(CC)CCCC)CC(CC)CCCC)c2C1=O. The monoisotopic (exact) mass is 727 g/mol. The van der Waals surface area contributed by atoms with Crippen LogP contribution in [0, 0.1) is 25.7 Å². The Bertz CT molecular complexity index is 1550. The van der Waals surface area contributed by atoms with E-state index in [-0.39, 0.29) is 11.8 Å². The molecule has 3 unspecified atom stereocenters. The number of fused-ring (bicyclic) bond motifs is 4. The van der Waals surface area contributed by atoms with E-state index in [4.69, 9.17) is 0 Å². The number of carbonyl (C=O) groups is 2. The van der Waals surface area contributed by atoms with Crippen molar-refractivity contribution >= 4 is 55.9 Å². The molecule has 0 fully saturated rings. The Morgan fingerprint density at radius 2 is 1.25 bits per heavy atom. The zero-order valence-corrected chi connectivity index (χ0v) is 34.2. The molecule has 0 aromatic carbocycles. The minimum atomic E-state index is -1.22. The van der Waals surface area contributed by atoms with Gasteiger partial charge in [-0.1, -0.05) is 112 Å². The van der Waals surface area contributed by atoms with E-state index < -0.39 is 10.0 Å². The van der Waals surface area contributed by atoms with E-state index >= 15 is 0 Å². The normalized spacial score (nSPS) is 19.4. The molecule has 5 heterocycles. The molecule has 0 aliphatic carbocycles. The highest BCUT2D eigenvalue weighted by Gasteiger charge is 2.45. The highest BCUT2D eigenvalue weighted by molar-refractivity contribution is 8.34. The van der Waals surface area contributed by atoms with Crippen LogP contribution in [-0.4, -0.2) is 34.8 Å². The van der Waals surface area contributed by atoms with Gasteiger partial charge < -0.3 is 0 Å². The van der Waals surface area contributed by atoms with Crippen LogP contribution in [0.25, 0.3) is 19.5 Å². The van der Waals surface area contributed by atoms with Crippen LogP contribution in [0.5, 0.6) is 0 Å². The summed E-state index contributed by atoms with van der Waals surface area (Å²) < 4.78 is 0. The number of hydrogen-bond acceptors (Lipinski definition) is 5. The summed E-state index contributed by atoms with van der Waals surface area (Å²) >= 11 is 5.58. The Balaban J connectivity index is 1.52. The van der Waals surface area contributed by atoms with Crippen molar-refractivity contribution in [3.63, 3.8) is 0 Å². The zero-order chi connectivity index (χ0) is 34.4. The summed E-state index contributed by atoms with van der Waals surface area (Å²) in [5.41, 5.74) is 1.37. The van der Waals surface area contributed by atoms with E-state index in [9.17, 15) is 9.59 Å². The number of carbonyl (C=O) groups excluding carboxylic acids is 2. The van der Waals surface area contributed by atoms with Crippen LogP contribution in [0.3, 0.4) is 0 Å². The van der Waals surface area contributed by atoms with Gasteiger partial charge in [0.25, 0.3) is 11.8 Å². The van der Waals surface area contributed by atoms with Gasteiger partial charge in [-0.25, -0.2) is 0 Å². The van der Waals surface area contributed by atoms with Crippen LogP contribution in [0.15, 0.2) is 21.9 Å². The number of amides is 2. The molecule has 0 radical (unpaired) electrons. The Kier molecular flexibility index (Phi) is 13.6. The molecule has 3 aromatic rings. The van der Waals surface area contributed by atoms with E-state index in [1.807, 2.05) is 29.6 Å². The Morgan fingerprint density at radius 3 is 1.94 bits per heavy atom. The van der Waals surface area contributed by atoms with Gasteiger partial charge in [0.1, 0.15) is 0 Å². The van der Waals surface area contributed by atoms with E-state index in [1.54, 1.807) is 26.0 Å². The van der Waals surface area contributed by atoms with Gasteiger partial charge in [-0.15, -0.1) is 34.0 Å².